The Hall–Kier alpha value is -1.42. The van der Waals surface area contributed by atoms with Crippen molar-refractivity contribution in [2.75, 3.05) is 18.0 Å². The van der Waals surface area contributed by atoms with Gasteiger partial charge in [0.25, 0.3) is 0 Å². The monoisotopic (exact) mass is 237 g/mol. The molecular weight excluding hydrogens is 221 g/mol. The first-order valence-corrected chi connectivity index (χ1v) is 5.80. The van der Waals surface area contributed by atoms with Gasteiger partial charge in [-0.05, 0) is 25.5 Å². The van der Waals surface area contributed by atoms with Crippen LogP contribution in [0.4, 0.5) is 10.1 Å². The molecule has 0 bridgehead atoms. The van der Waals surface area contributed by atoms with Crippen molar-refractivity contribution in [1.29, 1.82) is 0 Å². The first-order chi connectivity index (χ1) is 8.13. The topological polar surface area (TPSA) is 40.5 Å². The van der Waals surface area contributed by atoms with Gasteiger partial charge in [-0.2, -0.15) is 0 Å². The highest BCUT2D eigenvalue weighted by Crippen LogP contribution is 2.28. The van der Waals surface area contributed by atoms with Crippen molar-refractivity contribution in [2.24, 2.45) is 5.92 Å². The van der Waals surface area contributed by atoms with E-state index in [4.69, 9.17) is 0 Å². The number of carbonyl (C=O) groups excluding carboxylic acids is 1. The minimum absolute atomic E-state index is 0.110. The van der Waals surface area contributed by atoms with Crippen molar-refractivity contribution in [1.82, 2.24) is 0 Å². The van der Waals surface area contributed by atoms with Gasteiger partial charge in [0, 0.05) is 19.0 Å². The molecule has 0 amide bonds. The number of anilines is 1. The van der Waals surface area contributed by atoms with Gasteiger partial charge in [-0.15, -0.1) is 0 Å². The largest absolute Gasteiger partial charge is 0.393 e. The normalized spacial score (nSPS) is 21.6. The lowest BCUT2D eigenvalue weighted by molar-refractivity contribution is 0.112. The summed E-state index contributed by atoms with van der Waals surface area (Å²) in [5, 5.41) is 9.53. The Balaban J connectivity index is 2.24. The summed E-state index contributed by atoms with van der Waals surface area (Å²) in [5.74, 6) is -0.296. The second kappa shape index (κ2) is 4.84. The van der Waals surface area contributed by atoms with E-state index in [1.165, 1.54) is 6.07 Å². The summed E-state index contributed by atoms with van der Waals surface area (Å²) in [6.45, 7) is 3.18. The predicted molar refractivity (Wildman–Crippen MR) is 63.8 cm³/mol. The second-order valence-electron chi connectivity index (χ2n) is 4.53. The smallest absolute Gasteiger partial charge is 0.155 e. The number of aldehydes is 1. The van der Waals surface area contributed by atoms with E-state index >= 15 is 0 Å². The molecule has 1 aromatic carbocycles. The van der Waals surface area contributed by atoms with Crippen LogP contribution in [-0.4, -0.2) is 30.6 Å². The Morgan fingerprint density at radius 2 is 2.35 bits per heavy atom. The average molecular weight is 237 g/mol. The number of aliphatic hydroxyl groups excluding tert-OH is 1. The van der Waals surface area contributed by atoms with Crippen molar-refractivity contribution in [3.63, 3.8) is 0 Å². The van der Waals surface area contributed by atoms with Crippen LogP contribution in [0.25, 0.3) is 0 Å². The Kier molecular flexibility index (Phi) is 3.43. The summed E-state index contributed by atoms with van der Waals surface area (Å²) in [6.07, 6.45) is 1.06. The van der Waals surface area contributed by atoms with Crippen LogP contribution >= 0.6 is 0 Å². The van der Waals surface area contributed by atoms with Gasteiger partial charge in [-0.3, -0.25) is 4.79 Å². The maximum Gasteiger partial charge on any atom is 0.155 e. The molecule has 92 valence electrons. The van der Waals surface area contributed by atoms with Gasteiger partial charge in [-0.25, -0.2) is 4.39 Å². The maximum atomic E-state index is 13.5. The van der Waals surface area contributed by atoms with Gasteiger partial charge in [0.2, 0.25) is 0 Å². The van der Waals surface area contributed by atoms with E-state index in [9.17, 15) is 14.3 Å². The van der Waals surface area contributed by atoms with Crippen LogP contribution in [0.2, 0.25) is 0 Å². The minimum atomic E-state index is -0.488. The Morgan fingerprint density at radius 3 is 2.94 bits per heavy atom. The third-order valence-corrected chi connectivity index (χ3v) is 3.40. The molecule has 1 fully saturated rings. The summed E-state index contributed by atoms with van der Waals surface area (Å²) in [5.41, 5.74) is 0.738. The lowest BCUT2D eigenvalue weighted by Crippen LogP contribution is -2.24. The summed E-state index contributed by atoms with van der Waals surface area (Å²) < 4.78 is 13.5. The van der Waals surface area contributed by atoms with Crippen LogP contribution in [0.5, 0.6) is 0 Å². The van der Waals surface area contributed by atoms with E-state index in [2.05, 4.69) is 0 Å². The highest BCUT2D eigenvalue weighted by molar-refractivity contribution is 5.85. The molecule has 2 atom stereocenters. The van der Waals surface area contributed by atoms with Gasteiger partial charge < -0.3 is 10.0 Å². The molecule has 0 aromatic heterocycles. The number of benzene rings is 1. The van der Waals surface area contributed by atoms with Crippen LogP contribution in [0.15, 0.2) is 18.2 Å². The molecule has 1 saturated heterocycles. The molecule has 0 radical (unpaired) electrons. The molecule has 0 spiro atoms. The van der Waals surface area contributed by atoms with Crippen molar-refractivity contribution >= 4 is 12.0 Å². The molecule has 1 aliphatic heterocycles. The lowest BCUT2D eigenvalue weighted by atomic mass is 10.0. The van der Waals surface area contributed by atoms with Gasteiger partial charge in [-0.1, -0.05) is 6.07 Å². The van der Waals surface area contributed by atoms with Crippen LogP contribution in [0.3, 0.4) is 0 Å². The Morgan fingerprint density at radius 1 is 1.59 bits per heavy atom. The van der Waals surface area contributed by atoms with E-state index in [1.54, 1.807) is 19.1 Å². The number of carbonyl (C=O) groups is 1. The van der Waals surface area contributed by atoms with Crippen LogP contribution in [0.1, 0.15) is 23.7 Å². The summed E-state index contributed by atoms with van der Waals surface area (Å²) in [6, 6.07) is 4.64. The standard InChI is InChI=1S/C13H16FNO2/c1-9(17)10-5-6-15(7-10)13-4-2-3-12(14)11(13)8-16/h2-4,8-10,17H,5-7H2,1H3. The molecule has 17 heavy (non-hydrogen) atoms. The fraction of sp³-hybridized carbons (Fsp3) is 0.462. The van der Waals surface area contributed by atoms with E-state index in [0.717, 1.165) is 13.0 Å². The van der Waals surface area contributed by atoms with Crippen molar-refractivity contribution < 1.29 is 14.3 Å². The number of hydrogen-bond donors (Lipinski definition) is 1. The first-order valence-electron chi connectivity index (χ1n) is 5.80. The fourth-order valence-electron chi connectivity index (χ4n) is 2.32. The quantitative estimate of drug-likeness (QED) is 0.815. The third-order valence-electron chi connectivity index (χ3n) is 3.40. The number of rotatable bonds is 3. The van der Waals surface area contributed by atoms with Crippen LogP contribution in [-0.2, 0) is 0 Å². The van der Waals surface area contributed by atoms with Crippen molar-refractivity contribution in [2.45, 2.75) is 19.4 Å². The molecule has 0 aliphatic carbocycles. The molecule has 2 rings (SSSR count). The Bertz CT molecular complexity index is 420. The average Bonchev–Trinajstić information content (AvgIpc) is 2.77. The van der Waals surface area contributed by atoms with Crippen molar-refractivity contribution in [3.05, 3.63) is 29.6 Å². The predicted octanol–water partition coefficient (Wildman–Crippen LogP) is 1.85. The number of nitrogens with zero attached hydrogens (tertiary/aromatic N) is 1. The molecule has 1 aromatic rings. The zero-order valence-electron chi connectivity index (χ0n) is 9.77. The van der Waals surface area contributed by atoms with E-state index in [-0.39, 0.29) is 17.6 Å². The molecule has 2 unspecified atom stereocenters. The van der Waals surface area contributed by atoms with E-state index in [0.29, 0.717) is 18.5 Å². The highest BCUT2D eigenvalue weighted by atomic mass is 19.1. The van der Waals surface area contributed by atoms with Gasteiger partial charge in [0.05, 0.1) is 17.4 Å². The minimum Gasteiger partial charge on any atom is -0.393 e. The molecule has 1 N–H and O–H groups in total. The zero-order chi connectivity index (χ0) is 12.4. The van der Waals surface area contributed by atoms with Gasteiger partial charge >= 0.3 is 0 Å². The molecule has 3 nitrogen and oxygen atoms in total. The van der Waals surface area contributed by atoms with Crippen molar-refractivity contribution in [3.8, 4) is 0 Å². The van der Waals surface area contributed by atoms with Crippen LogP contribution in [0, 0.1) is 11.7 Å². The fourth-order valence-corrected chi connectivity index (χ4v) is 2.32. The third kappa shape index (κ3) is 2.31. The number of aliphatic hydroxyl groups is 1. The zero-order valence-corrected chi connectivity index (χ0v) is 9.77. The molecule has 1 heterocycles. The summed E-state index contributed by atoms with van der Waals surface area (Å²) in [7, 11) is 0. The van der Waals surface area contributed by atoms with Crippen LogP contribution < -0.4 is 4.90 Å². The van der Waals surface area contributed by atoms with E-state index in [1.807, 2.05) is 4.90 Å². The maximum absolute atomic E-state index is 13.5. The molecule has 0 saturated carbocycles. The highest BCUT2D eigenvalue weighted by Gasteiger charge is 2.27. The first kappa shape index (κ1) is 12.0. The second-order valence-corrected chi connectivity index (χ2v) is 4.53. The van der Waals surface area contributed by atoms with Gasteiger partial charge in [0.15, 0.2) is 6.29 Å². The SMILES string of the molecule is CC(O)C1CCN(c2cccc(F)c2C=O)C1. The summed E-state index contributed by atoms with van der Waals surface area (Å²) >= 11 is 0. The van der Waals surface area contributed by atoms with Gasteiger partial charge in [0.1, 0.15) is 5.82 Å². The molecule has 4 heteroatoms. The molecule has 1 aliphatic rings. The number of halogens is 1. The Labute approximate surface area is 99.9 Å². The number of hydrogen-bond acceptors (Lipinski definition) is 3. The van der Waals surface area contributed by atoms with E-state index < -0.39 is 5.82 Å². The summed E-state index contributed by atoms with van der Waals surface area (Å²) in [4.78, 5) is 12.9. The molecular formula is C13H16FNO2. The lowest BCUT2D eigenvalue weighted by Gasteiger charge is -2.21.